The molecule has 2 unspecified atom stereocenters. The van der Waals surface area contributed by atoms with Crippen LogP contribution in [0, 0.1) is 0 Å². The van der Waals surface area contributed by atoms with Gasteiger partial charge in [-0.2, -0.15) is 4.98 Å². The van der Waals surface area contributed by atoms with E-state index in [2.05, 4.69) is 4.98 Å². The SMILES string of the molecule is Nc1ccn(C2OC(CO)[C@@H](O)[C@@H]2O)c(=O)n1. The zero-order chi connectivity index (χ0) is 12.6. The fourth-order valence-corrected chi connectivity index (χ4v) is 1.73. The van der Waals surface area contributed by atoms with Crippen LogP contribution in [0.25, 0.3) is 0 Å². The molecule has 94 valence electrons. The van der Waals surface area contributed by atoms with E-state index in [0.717, 1.165) is 4.57 Å². The molecule has 1 aromatic heterocycles. The molecule has 1 saturated heterocycles. The summed E-state index contributed by atoms with van der Waals surface area (Å²) in [6, 6.07) is 1.37. The Morgan fingerprint density at radius 3 is 2.71 bits per heavy atom. The Hall–Kier alpha value is -1.48. The fraction of sp³-hybridized carbons (Fsp3) is 0.556. The summed E-state index contributed by atoms with van der Waals surface area (Å²) in [7, 11) is 0. The summed E-state index contributed by atoms with van der Waals surface area (Å²) >= 11 is 0. The highest BCUT2D eigenvalue weighted by Crippen LogP contribution is 2.27. The molecule has 8 nitrogen and oxygen atoms in total. The summed E-state index contributed by atoms with van der Waals surface area (Å²) in [6.07, 6.45) is -3.27. The summed E-state index contributed by atoms with van der Waals surface area (Å²) in [5.41, 5.74) is 4.63. The topological polar surface area (TPSA) is 131 Å². The van der Waals surface area contributed by atoms with Gasteiger partial charge in [-0.3, -0.25) is 4.57 Å². The largest absolute Gasteiger partial charge is 0.394 e. The number of nitrogens with two attached hydrogens (primary N) is 1. The summed E-state index contributed by atoms with van der Waals surface area (Å²) in [5.74, 6) is 0.0537. The van der Waals surface area contributed by atoms with Crippen LogP contribution in [0.5, 0.6) is 0 Å². The highest BCUT2D eigenvalue weighted by molar-refractivity contribution is 5.23. The molecule has 5 N–H and O–H groups in total. The summed E-state index contributed by atoms with van der Waals surface area (Å²) < 4.78 is 6.19. The van der Waals surface area contributed by atoms with Crippen molar-refractivity contribution >= 4 is 5.82 Å². The number of hydrogen-bond acceptors (Lipinski definition) is 7. The van der Waals surface area contributed by atoms with Crippen molar-refractivity contribution in [2.24, 2.45) is 0 Å². The average Bonchev–Trinajstić information content (AvgIpc) is 2.57. The standard InChI is InChI=1S/C9H13N3O5/c10-5-1-2-12(9(16)11-5)8-7(15)6(14)4(3-13)17-8/h1-2,4,6-8,13-15H,3H2,(H2,10,11,16)/t4?,6-,7+,8?/m1/s1. The Labute approximate surface area is 95.9 Å². The van der Waals surface area contributed by atoms with E-state index >= 15 is 0 Å². The molecule has 1 aliphatic heterocycles. The van der Waals surface area contributed by atoms with Crippen LogP contribution < -0.4 is 11.4 Å². The van der Waals surface area contributed by atoms with Gasteiger partial charge >= 0.3 is 5.69 Å². The highest BCUT2D eigenvalue weighted by atomic mass is 16.6. The predicted molar refractivity (Wildman–Crippen MR) is 55.9 cm³/mol. The van der Waals surface area contributed by atoms with E-state index in [4.69, 9.17) is 15.6 Å². The Kier molecular flexibility index (Phi) is 3.11. The number of aromatic nitrogens is 2. The Morgan fingerprint density at radius 2 is 2.18 bits per heavy atom. The number of rotatable bonds is 2. The lowest BCUT2D eigenvalue weighted by molar-refractivity contribution is -0.0549. The molecule has 0 aromatic carbocycles. The van der Waals surface area contributed by atoms with Crippen molar-refractivity contribution in [3.05, 3.63) is 22.7 Å². The number of aliphatic hydroxyl groups is 3. The van der Waals surface area contributed by atoms with Crippen LogP contribution in [0.3, 0.4) is 0 Å². The molecule has 1 fully saturated rings. The lowest BCUT2D eigenvalue weighted by Gasteiger charge is -2.16. The molecule has 0 spiro atoms. The monoisotopic (exact) mass is 243 g/mol. The van der Waals surface area contributed by atoms with Crippen LogP contribution in [0.1, 0.15) is 6.23 Å². The number of nitrogens with zero attached hydrogens (tertiary/aromatic N) is 2. The predicted octanol–water partition coefficient (Wildman–Crippen LogP) is -2.56. The number of ether oxygens (including phenoxy) is 1. The van der Waals surface area contributed by atoms with Gasteiger partial charge in [-0.05, 0) is 6.07 Å². The Morgan fingerprint density at radius 1 is 1.47 bits per heavy atom. The second-order valence-electron chi connectivity index (χ2n) is 3.77. The van der Waals surface area contributed by atoms with Gasteiger partial charge in [-0.1, -0.05) is 0 Å². The number of hydrogen-bond donors (Lipinski definition) is 4. The van der Waals surface area contributed by atoms with E-state index in [1.165, 1.54) is 12.3 Å². The molecule has 2 heterocycles. The maximum Gasteiger partial charge on any atom is 0.351 e. The van der Waals surface area contributed by atoms with Gasteiger partial charge in [-0.15, -0.1) is 0 Å². The first-order valence-electron chi connectivity index (χ1n) is 5.01. The molecule has 0 radical (unpaired) electrons. The lowest BCUT2D eigenvalue weighted by Crippen LogP contribution is -2.36. The van der Waals surface area contributed by atoms with E-state index in [-0.39, 0.29) is 5.82 Å². The number of aliphatic hydroxyl groups excluding tert-OH is 3. The summed E-state index contributed by atoms with van der Waals surface area (Å²) in [6.45, 7) is -0.453. The second kappa shape index (κ2) is 4.41. The molecule has 4 atom stereocenters. The molecule has 2 rings (SSSR count). The maximum absolute atomic E-state index is 11.5. The zero-order valence-electron chi connectivity index (χ0n) is 8.80. The number of anilines is 1. The minimum absolute atomic E-state index is 0.0537. The van der Waals surface area contributed by atoms with Crippen molar-refractivity contribution in [2.45, 2.75) is 24.5 Å². The minimum atomic E-state index is -1.31. The molecule has 0 aliphatic carbocycles. The van der Waals surface area contributed by atoms with Gasteiger partial charge in [0.05, 0.1) is 6.61 Å². The first-order chi connectivity index (χ1) is 8.04. The van der Waals surface area contributed by atoms with Crippen LogP contribution in [0.2, 0.25) is 0 Å². The van der Waals surface area contributed by atoms with Gasteiger partial charge in [0.2, 0.25) is 0 Å². The van der Waals surface area contributed by atoms with Crippen LogP contribution in [0.15, 0.2) is 17.1 Å². The third-order valence-electron chi connectivity index (χ3n) is 2.64. The highest BCUT2D eigenvalue weighted by Gasteiger charge is 2.43. The van der Waals surface area contributed by atoms with Gasteiger partial charge in [0.25, 0.3) is 0 Å². The molecule has 0 bridgehead atoms. The van der Waals surface area contributed by atoms with Crippen molar-refractivity contribution in [3.8, 4) is 0 Å². The van der Waals surface area contributed by atoms with Crippen molar-refractivity contribution in [1.29, 1.82) is 0 Å². The van der Waals surface area contributed by atoms with Crippen molar-refractivity contribution in [1.82, 2.24) is 9.55 Å². The zero-order valence-corrected chi connectivity index (χ0v) is 8.80. The van der Waals surface area contributed by atoms with Crippen LogP contribution in [-0.2, 0) is 4.74 Å². The summed E-state index contributed by atoms with van der Waals surface area (Å²) in [4.78, 5) is 15.0. The summed E-state index contributed by atoms with van der Waals surface area (Å²) in [5, 5.41) is 28.2. The quantitative estimate of drug-likeness (QED) is 0.449. The first kappa shape index (κ1) is 12.0. The third-order valence-corrected chi connectivity index (χ3v) is 2.64. The normalized spacial score (nSPS) is 32.9. The second-order valence-corrected chi connectivity index (χ2v) is 3.77. The average molecular weight is 243 g/mol. The van der Waals surface area contributed by atoms with Gasteiger partial charge in [-0.25, -0.2) is 4.79 Å². The Bertz CT molecular complexity index is 462. The van der Waals surface area contributed by atoms with Crippen molar-refractivity contribution < 1.29 is 20.1 Å². The van der Waals surface area contributed by atoms with Gasteiger partial charge < -0.3 is 25.8 Å². The van der Waals surface area contributed by atoms with E-state index in [9.17, 15) is 15.0 Å². The smallest absolute Gasteiger partial charge is 0.351 e. The molecule has 1 aromatic rings. The van der Waals surface area contributed by atoms with Gasteiger partial charge in [0, 0.05) is 6.20 Å². The molecular weight excluding hydrogens is 230 g/mol. The Balaban J connectivity index is 2.32. The van der Waals surface area contributed by atoms with Crippen LogP contribution >= 0.6 is 0 Å². The lowest BCUT2D eigenvalue weighted by atomic mass is 10.1. The van der Waals surface area contributed by atoms with Crippen LogP contribution in [-0.4, -0.2) is 49.8 Å². The maximum atomic E-state index is 11.5. The van der Waals surface area contributed by atoms with E-state index < -0.39 is 36.8 Å². The van der Waals surface area contributed by atoms with Crippen LogP contribution in [0.4, 0.5) is 5.82 Å². The molecule has 1 aliphatic rings. The van der Waals surface area contributed by atoms with E-state index in [1.54, 1.807) is 0 Å². The molecule has 0 amide bonds. The fourth-order valence-electron chi connectivity index (χ4n) is 1.73. The minimum Gasteiger partial charge on any atom is -0.394 e. The van der Waals surface area contributed by atoms with Crippen molar-refractivity contribution in [3.63, 3.8) is 0 Å². The first-order valence-corrected chi connectivity index (χ1v) is 5.01. The van der Waals surface area contributed by atoms with E-state index in [1.807, 2.05) is 0 Å². The number of nitrogen functional groups attached to an aromatic ring is 1. The molecule has 8 heteroatoms. The van der Waals surface area contributed by atoms with Gasteiger partial charge in [0.1, 0.15) is 24.1 Å². The van der Waals surface area contributed by atoms with Crippen molar-refractivity contribution in [2.75, 3.05) is 12.3 Å². The van der Waals surface area contributed by atoms with Gasteiger partial charge in [0.15, 0.2) is 6.23 Å². The molecular formula is C9H13N3O5. The molecule has 17 heavy (non-hydrogen) atoms. The van der Waals surface area contributed by atoms with E-state index in [0.29, 0.717) is 0 Å². The molecule has 0 saturated carbocycles. The third kappa shape index (κ3) is 2.03.